The van der Waals surface area contributed by atoms with Crippen molar-refractivity contribution in [3.63, 3.8) is 0 Å². The lowest BCUT2D eigenvalue weighted by Crippen LogP contribution is -2.32. The molecule has 7 nitrogen and oxygen atoms in total. The van der Waals surface area contributed by atoms with E-state index in [9.17, 15) is 10.1 Å². The maximum atomic E-state index is 14.2. The van der Waals surface area contributed by atoms with Crippen molar-refractivity contribution >= 4 is 33.4 Å². The van der Waals surface area contributed by atoms with Gasteiger partial charge in [-0.3, -0.25) is 4.79 Å². The van der Waals surface area contributed by atoms with Crippen molar-refractivity contribution in [1.82, 2.24) is 9.55 Å². The number of aryl methyl sites for hydroxylation is 3. The molecule has 0 unspecified atom stereocenters. The predicted octanol–water partition coefficient (Wildman–Crippen LogP) is 6.49. The van der Waals surface area contributed by atoms with Crippen molar-refractivity contribution in [1.29, 1.82) is 10.5 Å². The van der Waals surface area contributed by atoms with Gasteiger partial charge in [0.25, 0.3) is 0 Å². The van der Waals surface area contributed by atoms with Crippen molar-refractivity contribution in [2.24, 2.45) is 12.8 Å². The van der Waals surface area contributed by atoms with Gasteiger partial charge in [0.05, 0.1) is 47.3 Å². The van der Waals surface area contributed by atoms with Gasteiger partial charge in [-0.25, -0.2) is 4.98 Å². The number of carbonyl (C=O) groups is 1. The average molecular weight is 589 g/mol. The number of nitrogens with zero attached hydrogens (tertiary/aromatic N) is 5. The average Bonchev–Trinajstić information content (AvgIpc) is 3.40. The minimum Gasteiger partial charge on any atom is -0.331 e. The SMILES string of the molecule is Cn1c(CCc2ccc(C#N)cc2)nc2cc(N(Cc3cccc4ccccc34)C(=O)Cc3c(C#N)cccc3CN)ccc21. The van der Waals surface area contributed by atoms with Crippen LogP contribution in [-0.2, 0) is 44.2 Å². The molecule has 0 saturated heterocycles. The van der Waals surface area contributed by atoms with Gasteiger partial charge in [0.2, 0.25) is 5.91 Å². The topological polar surface area (TPSA) is 112 Å². The normalized spacial score (nSPS) is 10.9. The third-order valence-electron chi connectivity index (χ3n) is 8.44. The summed E-state index contributed by atoms with van der Waals surface area (Å²) in [6.07, 6.45) is 1.58. The zero-order valence-corrected chi connectivity index (χ0v) is 25.1. The van der Waals surface area contributed by atoms with E-state index in [1.54, 1.807) is 17.0 Å². The van der Waals surface area contributed by atoms with Gasteiger partial charge >= 0.3 is 0 Å². The Kier molecular flexibility index (Phi) is 8.37. The molecular formula is C38H32N6O. The number of nitriles is 2. The largest absolute Gasteiger partial charge is 0.331 e. The Labute approximate surface area is 262 Å². The molecule has 220 valence electrons. The highest BCUT2D eigenvalue weighted by Gasteiger charge is 2.22. The monoisotopic (exact) mass is 588 g/mol. The highest BCUT2D eigenvalue weighted by Crippen LogP contribution is 2.28. The Morgan fingerprint density at radius 2 is 1.62 bits per heavy atom. The lowest BCUT2D eigenvalue weighted by atomic mass is 9.97. The second-order valence-corrected chi connectivity index (χ2v) is 11.1. The summed E-state index contributed by atoms with van der Waals surface area (Å²) in [7, 11) is 2.01. The summed E-state index contributed by atoms with van der Waals surface area (Å²) in [5.41, 5.74) is 13.3. The molecule has 0 aliphatic heterocycles. The number of fused-ring (bicyclic) bond motifs is 2. The van der Waals surface area contributed by atoms with Crippen LogP contribution in [0.4, 0.5) is 5.69 Å². The van der Waals surface area contributed by atoms with Crippen molar-refractivity contribution < 1.29 is 4.79 Å². The number of hydrogen-bond donors (Lipinski definition) is 1. The number of benzene rings is 5. The van der Waals surface area contributed by atoms with E-state index in [0.29, 0.717) is 23.2 Å². The summed E-state index contributed by atoms with van der Waals surface area (Å²) in [5, 5.41) is 21.1. The maximum Gasteiger partial charge on any atom is 0.231 e. The summed E-state index contributed by atoms with van der Waals surface area (Å²) < 4.78 is 2.09. The van der Waals surface area contributed by atoms with Crippen LogP contribution in [0.25, 0.3) is 21.8 Å². The van der Waals surface area contributed by atoms with Gasteiger partial charge in [0.1, 0.15) is 5.82 Å². The fourth-order valence-corrected chi connectivity index (χ4v) is 5.94. The van der Waals surface area contributed by atoms with E-state index in [1.165, 1.54) is 0 Å². The van der Waals surface area contributed by atoms with E-state index in [2.05, 4.69) is 41.0 Å². The van der Waals surface area contributed by atoms with Gasteiger partial charge in [0, 0.05) is 25.7 Å². The van der Waals surface area contributed by atoms with E-state index in [4.69, 9.17) is 16.0 Å². The van der Waals surface area contributed by atoms with Crippen LogP contribution in [0.5, 0.6) is 0 Å². The Balaban J connectivity index is 1.36. The number of rotatable bonds is 9. The van der Waals surface area contributed by atoms with Gasteiger partial charge in [-0.05, 0) is 75.8 Å². The van der Waals surface area contributed by atoms with Crippen LogP contribution in [0.3, 0.4) is 0 Å². The molecule has 2 N–H and O–H groups in total. The molecule has 1 amide bonds. The fourth-order valence-electron chi connectivity index (χ4n) is 5.94. The molecule has 0 fully saturated rings. The van der Waals surface area contributed by atoms with E-state index in [0.717, 1.165) is 62.8 Å². The number of aromatic nitrogens is 2. The molecule has 1 heterocycles. The van der Waals surface area contributed by atoms with Crippen LogP contribution >= 0.6 is 0 Å². The molecule has 0 saturated carbocycles. The maximum absolute atomic E-state index is 14.2. The minimum atomic E-state index is -0.128. The standard InChI is InChI=1S/C38H32N6O/c1-43-36-18-17-32(20-35(36)42-37(43)19-16-26-12-14-27(22-39)15-13-26)44(25-31-10-4-7-28-6-2-3-11-33(28)31)38(45)21-34-29(23-40)8-5-9-30(34)24-41/h2-15,17-18,20H,16,19,21,23,25,40H2,1H3. The predicted molar refractivity (Wildman–Crippen MR) is 177 cm³/mol. The molecule has 0 atom stereocenters. The van der Waals surface area contributed by atoms with Crippen molar-refractivity contribution in [2.75, 3.05) is 4.90 Å². The molecule has 0 bridgehead atoms. The Morgan fingerprint density at radius 3 is 2.40 bits per heavy atom. The van der Waals surface area contributed by atoms with Crippen molar-refractivity contribution in [2.45, 2.75) is 32.4 Å². The van der Waals surface area contributed by atoms with Crippen LogP contribution in [-0.4, -0.2) is 15.5 Å². The molecule has 6 aromatic rings. The summed E-state index contributed by atoms with van der Waals surface area (Å²) in [5.74, 6) is 0.811. The second kappa shape index (κ2) is 12.9. The van der Waals surface area contributed by atoms with E-state index < -0.39 is 0 Å². The van der Waals surface area contributed by atoms with E-state index in [1.807, 2.05) is 73.8 Å². The second-order valence-electron chi connectivity index (χ2n) is 11.1. The molecule has 0 aliphatic rings. The number of hydrogen-bond acceptors (Lipinski definition) is 5. The highest BCUT2D eigenvalue weighted by molar-refractivity contribution is 5.98. The molecular weight excluding hydrogens is 556 g/mol. The van der Waals surface area contributed by atoms with Gasteiger partial charge < -0.3 is 15.2 Å². The van der Waals surface area contributed by atoms with Gasteiger partial charge in [-0.2, -0.15) is 10.5 Å². The summed E-state index contributed by atoms with van der Waals surface area (Å²) >= 11 is 0. The number of carbonyl (C=O) groups excluding carboxylic acids is 1. The number of nitrogens with two attached hydrogens (primary N) is 1. The van der Waals surface area contributed by atoms with Gasteiger partial charge in [-0.15, -0.1) is 0 Å². The summed E-state index contributed by atoms with van der Waals surface area (Å²) in [6, 6.07) is 37.7. The first-order valence-corrected chi connectivity index (χ1v) is 14.9. The first-order valence-electron chi connectivity index (χ1n) is 14.9. The van der Waals surface area contributed by atoms with Gasteiger partial charge in [0.15, 0.2) is 0 Å². The molecule has 0 aliphatic carbocycles. The molecule has 1 aromatic heterocycles. The minimum absolute atomic E-state index is 0.0527. The molecule has 0 spiro atoms. The number of amides is 1. The van der Waals surface area contributed by atoms with Gasteiger partial charge in [-0.1, -0.05) is 66.7 Å². The highest BCUT2D eigenvalue weighted by atomic mass is 16.2. The Hall–Kier alpha value is -5.76. The Morgan fingerprint density at radius 1 is 0.867 bits per heavy atom. The molecule has 5 aromatic carbocycles. The summed E-state index contributed by atoms with van der Waals surface area (Å²) in [4.78, 5) is 21.0. The van der Waals surface area contributed by atoms with Crippen molar-refractivity contribution in [3.05, 3.63) is 142 Å². The van der Waals surface area contributed by atoms with E-state index in [-0.39, 0.29) is 18.9 Å². The summed E-state index contributed by atoms with van der Waals surface area (Å²) in [6.45, 7) is 0.601. The first kappa shape index (κ1) is 29.3. The fraction of sp³-hybridized carbons (Fsp3) is 0.158. The molecule has 6 rings (SSSR count). The van der Waals surface area contributed by atoms with Crippen LogP contribution in [0.1, 0.15) is 39.2 Å². The quantitative estimate of drug-likeness (QED) is 0.208. The molecule has 7 heteroatoms. The van der Waals surface area contributed by atoms with E-state index >= 15 is 0 Å². The zero-order chi connectivity index (χ0) is 31.3. The van der Waals surface area contributed by atoms with Crippen LogP contribution in [0, 0.1) is 22.7 Å². The molecule has 0 radical (unpaired) electrons. The number of anilines is 1. The lowest BCUT2D eigenvalue weighted by Gasteiger charge is -2.25. The zero-order valence-electron chi connectivity index (χ0n) is 25.1. The smallest absolute Gasteiger partial charge is 0.231 e. The van der Waals surface area contributed by atoms with Crippen LogP contribution in [0.2, 0.25) is 0 Å². The van der Waals surface area contributed by atoms with Crippen LogP contribution in [0.15, 0.2) is 103 Å². The molecule has 45 heavy (non-hydrogen) atoms. The Bertz CT molecular complexity index is 2110. The third-order valence-corrected chi connectivity index (χ3v) is 8.44. The third kappa shape index (κ3) is 6.03. The first-order chi connectivity index (χ1) is 22.0. The lowest BCUT2D eigenvalue weighted by molar-refractivity contribution is -0.118. The van der Waals surface area contributed by atoms with Crippen LogP contribution < -0.4 is 10.6 Å². The number of imidazole rings is 1. The van der Waals surface area contributed by atoms with Crippen molar-refractivity contribution in [3.8, 4) is 12.1 Å².